The lowest BCUT2D eigenvalue weighted by Gasteiger charge is -2.27. The molecule has 1 atom stereocenters. The summed E-state index contributed by atoms with van der Waals surface area (Å²) in [6, 6.07) is 10.6. The first-order valence-corrected chi connectivity index (χ1v) is 9.47. The average molecular weight is 409 g/mol. The molecule has 2 aromatic rings. The van der Waals surface area contributed by atoms with E-state index in [1.807, 2.05) is 4.90 Å². The van der Waals surface area contributed by atoms with Gasteiger partial charge >= 0.3 is 6.18 Å². The summed E-state index contributed by atoms with van der Waals surface area (Å²) in [6.07, 6.45) is -3.75. The van der Waals surface area contributed by atoms with Crippen LogP contribution >= 0.6 is 0 Å². The molecule has 1 unspecified atom stereocenters. The molecule has 0 saturated carbocycles. The molecule has 1 heterocycles. The van der Waals surface area contributed by atoms with Crippen molar-refractivity contribution in [1.29, 1.82) is 0 Å². The maximum absolute atomic E-state index is 13.1. The van der Waals surface area contributed by atoms with Gasteiger partial charge in [0.1, 0.15) is 5.82 Å². The number of anilines is 2. The number of nitrogens with zero attached hydrogens (tertiary/aromatic N) is 2. The van der Waals surface area contributed by atoms with Crippen molar-refractivity contribution in [1.82, 2.24) is 4.90 Å². The molecule has 0 bridgehead atoms. The van der Waals surface area contributed by atoms with Crippen molar-refractivity contribution in [3.63, 3.8) is 0 Å². The molecule has 1 aliphatic heterocycles. The first-order chi connectivity index (χ1) is 13.8. The zero-order chi connectivity index (χ0) is 21.0. The lowest BCUT2D eigenvalue weighted by Crippen LogP contribution is -2.44. The molecule has 0 aromatic heterocycles. The van der Waals surface area contributed by atoms with Gasteiger partial charge in [-0.25, -0.2) is 4.39 Å². The van der Waals surface area contributed by atoms with Crippen LogP contribution in [0.1, 0.15) is 18.9 Å². The lowest BCUT2D eigenvalue weighted by molar-refractivity contribution is -0.137. The van der Waals surface area contributed by atoms with Gasteiger partial charge < -0.3 is 10.2 Å². The molecular formula is C21H23F4N3O. The smallest absolute Gasteiger partial charge is 0.370 e. The highest BCUT2D eigenvalue weighted by Gasteiger charge is 2.34. The van der Waals surface area contributed by atoms with E-state index in [1.165, 1.54) is 30.3 Å². The zero-order valence-corrected chi connectivity index (χ0v) is 16.0. The number of alkyl halides is 3. The van der Waals surface area contributed by atoms with Gasteiger partial charge in [0.25, 0.3) is 0 Å². The Labute approximate surface area is 167 Å². The summed E-state index contributed by atoms with van der Waals surface area (Å²) in [4.78, 5) is 16.7. The van der Waals surface area contributed by atoms with Crippen LogP contribution in [0, 0.1) is 5.82 Å². The maximum atomic E-state index is 13.1. The molecule has 1 saturated heterocycles. The predicted octanol–water partition coefficient (Wildman–Crippen LogP) is 4.38. The number of para-hydroxylation sites is 1. The molecule has 0 radical (unpaired) electrons. The van der Waals surface area contributed by atoms with Crippen LogP contribution in [0.15, 0.2) is 48.5 Å². The quantitative estimate of drug-likeness (QED) is 0.762. The van der Waals surface area contributed by atoms with Crippen LogP contribution in [0.3, 0.4) is 0 Å². The van der Waals surface area contributed by atoms with Crippen molar-refractivity contribution in [2.75, 3.05) is 36.4 Å². The minimum atomic E-state index is -4.54. The van der Waals surface area contributed by atoms with E-state index in [4.69, 9.17) is 0 Å². The largest absolute Gasteiger partial charge is 0.418 e. The van der Waals surface area contributed by atoms with E-state index in [9.17, 15) is 22.4 Å². The van der Waals surface area contributed by atoms with Gasteiger partial charge in [0, 0.05) is 31.9 Å². The highest BCUT2D eigenvalue weighted by molar-refractivity contribution is 5.95. The number of hydrogen-bond donors (Lipinski definition) is 1. The number of carbonyl (C=O) groups excluding carboxylic acids is 1. The second kappa shape index (κ2) is 8.82. The van der Waals surface area contributed by atoms with Gasteiger partial charge in [-0.1, -0.05) is 12.1 Å². The molecule has 1 aliphatic rings. The Kier molecular flexibility index (Phi) is 6.42. The average Bonchev–Trinajstić information content (AvgIpc) is 2.94. The minimum Gasteiger partial charge on any atom is -0.370 e. The van der Waals surface area contributed by atoms with Crippen LogP contribution in [0.2, 0.25) is 0 Å². The Morgan fingerprint density at radius 2 is 1.69 bits per heavy atom. The van der Waals surface area contributed by atoms with Crippen molar-refractivity contribution < 1.29 is 22.4 Å². The summed E-state index contributed by atoms with van der Waals surface area (Å²) >= 11 is 0. The lowest BCUT2D eigenvalue weighted by atomic mass is 10.1. The molecule has 29 heavy (non-hydrogen) atoms. The van der Waals surface area contributed by atoms with E-state index < -0.39 is 23.7 Å². The van der Waals surface area contributed by atoms with E-state index in [0.29, 0.717) is 19.6 Å². The number of nitrogens with one attached hydrogen (secondary N) is 1. The summed E-state index contributed by atoms with van der Waals surface area (Å²) in [5, 5.41) is 2.43. The van der Waals surface area contributed by atoms with Crippen LogP contribution < -0.4 is 10.2 Å². The number of amides is 1. The van der Waals surface area contributed by atoms with Crippen LogP contribution in [-0.2, 0) is 11.0 Å². The van der Waals surface area contributed by atoms with Crippen molar-refractivity contribution in [3.8, 4) is 0 Å². The molecule has 0 spiro atoms. The van der Waals surface area contributed by atoms with Crippen LogP contribution in [0.5, 0.6) is 0 Å². The van der Waals surface area contributed by atoms with Gasteiger partial charge in [0.15, 0.2) is 0 Å². The molecule has 2 aromatic carbocycles. The SMILES string of the molecule is CC(C(=O)Nc1ccccc1C(F)(F)F)N1CCCN(c2ccc(F)cc2)CC1. The molecular weight excluding hydrogens is 386 g/mol. The molecule has 4 nitrogen and oxygen atoms in total. The number of rotatable bonds is 4. The standard InChI is InChI=1S/C21H23F4N3O/c1-15(20(29)26-19-6-3-2-5-18(19)21(23,24)25)27-11-4-12-28(14-13-27)17-9-7-16(22)8-10-17/h2-3,5-10,15H,4,11-14H2,1H3,(H,26,29). The predicted molar refractivity (Wildman–Crippen MR) is 104 cm³/mol. The van der Waals surface area contributed by atoms with Crippen molar-refractivity contribution in [2.24, 2.45) is 0 Å². The van der Waals surface area contributed by atoms with Crippen molar-refractivity contribution in [2.45, 2.75) is 25.6 Å². The van der Waals surface area contributed by atoms with E-state index in [1.54, 1.807) is 19.1 Å². The Balaban J connectivity index is 1.64. The third kappa shape index (κ3) is 5.26. The van der Waals surface area contributed by atoms with Gasteiger partial charge in [-0.3, -0.25) is 9.69 Å². The minimum absolute atomic E-state index is 0.236. The first kappa shape index (κ1) is 21.1. The summed E-state index contributed by atoms with van der Waals surface area (Å²) in [5.74, 6) is -0.772. The number of benzene rings is 2. The van der Waals surface area contributed by atoms with Gasteiger partial charge in [0.05, 0.1) is 17.3 Å². The molecule has 0 aliphatic carbocycles. The van der Waals surface area contributed by atoms with Gasteiger partial charge in [-0.15, -0.1) is 0 Å². The molecule has 1 N–H and O–H groups in total. The Morgan fingerprint density at radius 1 is 1.00 bits per heavy atom. The topological polar surface area (TPSA) is 35.6 Å². The van der Waals surface area contributed by atoms with E-state index >= 15 is 0 Å². The van der Waals surface area contributed by atoms with Crippen LogP contribution in [-0.4, -0.2) is 43.0 Å². The molecule has 3 rings (SSSR count). The molecule has 8 heteroatoms. The van der Waals surface area contributed by atoms with Gasteiger partial charge in [-0.2, -0.15) is 13.2 Å². The first-order valence-electron chi connectivity index (χ1n) is 9.47. The van der Waals surface area contributed by atoms with Crippen molar-refractivity contribution >= 4 is 17.3 Å². The second-order valence-electron chi connectivity index (χ2n) is 7.06. The third-order valence-electron chi connectivity index (χ3n) is 5.14. The summed E-state index contributed by atoms with van der Waals surface area (Å²) < 4.78 is 52.6. The number of carbonyl (C=O) groups is 1. The third-order valence-corrected chi connectivity index (χ3v) is 5.14. The molecule has 1 fully saturated rings. The Hall–Kier alpha value is -2.61. The second-order valence-corrected chi connectivity index (χ2v) is 7.06. The zero-order valence-electron chi connectivity index (χ0n) is 16.0. The van der Waals surface area contributed by atoms with Crippen LogP contribution in [0.25, 0.3) is 0 Å². The fourth-order valence-corrected chi connectivity index (χ4v) is 3.48. The van der Waals surface area contributed by atoms with Crippen molar-refractivity contribution in [3.05, 3.63) is 59.9 Å². The summed E-state index contributed by atoms with van der Waals surface area (Å²) in [6.45, 7) is 4.31. The summed E-state index contributed by atoms with van der Waals surface area (Å²) in [7, 11) is 0. The van der Waals surface area contributed by atoms with E-state index in [-0.39, 0.29) is 11.5 Å². The Morgan fingerprint density at radius 3 is 2.38 bits per heavy atom. The normalized spacial score (nSPS) is 16.9. The number of halogens is 4. The number of hydrogen-bond acceptors (Lipinski definition) is 3. The van der Waals surface area contributed by atoms with Gasteiger partial charge in [-0.05, 0) is 49.7 Å². The Bertz CT molecular complexity index is 839. The summed E-state index contributed by atoms with van der Waals surface area (Å²) in [5.41, 5.74) is -0.192. The fraction of sp³-hybridized carbons (Fsp3) is 0.381. The monoisotopic (exact) mass is 409 g/mol. The maximum Gasteiger partial charge on any atom is 0.418 e. The fourth-order valence-electron chi connectivity index (χ4n) is 3.48. The highest BCUT2D eigenvalue weighted by atomic mass is 19.4. The van der Waals surface area contributed by atoms with Gasteiger partial charge in [0.2, 0.25) is 5.91 Å². The molecule has 156 valence electrons. The highest BCUT2D eigenvalue weighted by Crippen LogP contribution is 2.34. The van der Waals surface area contributed by atoms with Crippen LogP contribution in [0.4, 0.5) is 28.9 Å². The molecule has 1 amide bonds. The van der Waals surface area contributed by atoms with E-state index in [2.05, 4.69) is 10.2 Å². The van der Waals surface area contributed by atoms with E-state index in [0.717, 1.165) is 24.7 Å².